The molecule has 0 radical (unpaired) electrons. The normalized spacial score (nSPS) is 27.4. The van der Waals surface area contributed by atoms with E-state index in [0.29, 0.717) is 5.92 Å². The van der Waals surface area contributed by atoms with Crippen molar-refractivity contribution in [3.63, 3.8) is 0 Å². The molecule has 21 heavy (non-hydrogen) atoms. The summed E-state index contributed by atoms with van der Waals surface area (Å²) < 4.78 is 19.6. The van der Waals surface area contributed by atoms with Crippen LogP contribution in [0.4, 0.5) is 10.1 Å². The number of nitrogens with one attached hydrogen (secondary N) is 1. The lowest BCUT2D eigenvalue weighted by atomic mass is 9.77. The van der Waals surface area contributed by atoms with Gasteiger partial charge >= 0.3 is 0 Å². The third-order valence-electron chi connectivity index (χ3n) is 4.59. The lowest BCUT2D eigenvalue weighted by Crippen LogP contribution is -2.36. The van der Waals surface area contributed by atoms with E-state index in [-0.39, 0.29) is 18.0 Å². The van der Waals surface area contributed by atoms with Gasteiger partial charge in [0, 0.05) is 23.8 Å². The average molecular weight is 283 g/mol. The SMILES string of the molecule is Fc1ccc2c(c1)[C@H]1OCCC[C@H]1[C@@H](c1ccccc1)N2. The number of anilines is 1. The molecule has 2 nitrogen and oxygen atoms in total. The Morgan fingerprint density at radius 2 is 1.95 bits per heavy atom. The van der Waals surface area contributed by atoms with Crippen molar-refractivity contribution in [1.29, 1.82) is 0 Å². The van der Waals surface area contributed by atoms with Gasteiger partial charge < -0.3 is 10.1 Å². The predicted octanol–water partition coefficient (Wildman–Crippen LogP) is 4.46. The maximum atomic E-state index is 13.6. The van der Waals surface area contributed by atoms with Gasteiger partial charge in [0.2, 0.25) is 0 Å². The summed E-state index contributed by atoms with van der Waals surface area (Å²) in [5.74, 6) is 0.164. The number of hydrogen-bond donors (Lipinski definition) is 1. The van der Waals surface area contributed by atoms with Crippen LogP contribution in [0, 0.1) is 11.7 Å². The van der Waals surface area contributed by atoms with E-state index in [1.807, 2.05) is 12.1 Å². The molecule has 0 bridgehead atoms. The molecule has 3 atom stereocenters. The first kappa shape index (κ1) is 12.8. The van der Waals surface area contributed by atoms with Crippen molar-refractivity contribution < 1.29 is 9.13 Å². The fourth-order valence-corrected chi connectivity index (χ4v) is 3.63. The average Bonchev–Trinajstić information content (AvgIpc) is 2.55. The summed E-state index contributed by atoms with van der Waals surface area (Å²) in [5.41, 5.74) is 3.23. The van der Waals surface area contributed by atoms with E-state index < -0.39 is 0 Å². The Hall–Kier alpha value is -1.87. The topological polar surface area (TPSA) is 21.3 Å². The Labute approximate surface area is 123 Å². The van der Waals surface area contributed by atoms with Gasteiger partial charge in [-0.3, -0.25) is 0 Å². The van der Waals surface area contributed by atoms with Gasteiger partial charge in [0.25, 0.3) is 0 Å². The number of ether oxygens (including phenoxy) is 1. The molecule has 0 saturated carbocycles. The maximum absolute atomic E-state index is 13.6. The van der Waals surface area contributed by atoms with Crippen LogP contribution >= 0.6 is 0 Å². The monoisotopic (exact) mass is 283 g/mol. The van der Waals surface area contributed by atoms with Gasteiger partial charge in [-0.1, -0.05) is 30.3 Å². The van der Waals surface area contributed by atoms with Crippen molar-refractivity contribution in [2.45, 2.75) is 25.0 Å². The smallest absolute Gasteiger partial charge is 0.123 e. The second kappa shape index (κ2) is 5.15. The van der Waals surface area contributed by atoms with Crippen LogP contribution in [0.15, 0.2) is 48.5 Å². The molecule has 3 heteroatoms. The highest BCUT2D eigenvalue weighted by Crippen LogP contribution is 2.49. The van der Waals surface area contributed by atoms with Crippen LogP contribution in [0.2, 0.25) is 0 Å². The third kappa shape index (κ3) is 2.22. The fraction of sp³-hybridized carbons (Fsp3) is 0.333. The van der Waals surface area contributed by atoms with Crippen LogP contribution in [-0.4, -0.2) is 6.61 Å². The predicted molar refractivity (Wildman–Crippen MR) is 80.6 cm³/mol. The molecule has 2 heterocycles. The zero-order chi connectivity index (χ0) is 14.2. The van der Waals surface area contributed by atoms with Gasteiger partial charge in [-0.2, -0.15) is 0 Å². The Bertz CT molecular complexity index is 643. The van der Waals surface area contributed by atoms with Crippen LogP contribution in [0.1, 0.15) is 36.1 Å². The molecular formula is C18H18FNO. The van der Waals surface area contributed by atoms with Crippen LogP contribution in [-0.2, 0) is 4.74 Å². The molecule has 0 spiro atoms. The highest BCUT2D eigenvalue weighted by Gasteiger charge is 2.39. The van der Waals surface area contributed by atoms with Crippen molar-refractivity contribution in [2.75, 3.05) is 11.9 Å². The molecule has 2 aliphatic heterocycles. The first-order valence-electron chi connectivity index (χ1n) is 7.55. The number of fused-ring (bicyclic) bond motifs is 3. The highest BCUT2D eigenvalue weighted by atomic mass is 19.1. The van der Waals surface area contributed by atoms with E-state index >= 15 is 0 Å². The minimum Gasteiger partial charge on any atom is -0.378 e. The number of hydrogen-bond acceptors (Lipinski definition) is 2. The van der Waals surface area contributed by atoms with Crippen LogP contribution in [0.3, 0.4) is 0 Å². The molecule has 0 amide bonds. The maximum Gasteiger partial charge on any atom is 0.123 e. The van der Waals surface area contributed by atoms with Crippen molar-refractivity contribution in [3.8, 4) is 0 Å². The summed E-state index contributed by atoms with van der Waals surface area (Å²) >= 11 is 0. The third-order valence-corrected chi connectivity index (χ3v) is 4.59. The summed E-state index contributed by atoms with van der Waals surface area (Å²) in [7, 11) is 0. The van der Waals surface area contributed by atoms with Gasteiger partial charge in [-0.15, -0.1) is 0 Å². The van der Waals surface area contributed by atoms with E-state index in [2.05, 4.69) is 29.6 Å². The Balaban J connectivity index is 1.79. The minimum absolute atomic E-state index is 0.00379. The quantitative estimate of drug-likeness (QED) is 0.834. The molecular weight excluding hydrogens is 265 g/mol. The summed E-state index contributed by atoms with van der Waals surface area (Å²) in [4.78, 5) is 0. The zero-order valence-electron chi connectivity index (χ0n) is 11.8. The summed E-state index contributed by atoms with van der Waals surface area (Å²) in [6.07, 6.45) is 2.17. The summed E-state index contributed by atoms with van der Waals surface area (Å²) in [6, 6.07) is 15.7. The molecule has 108 valence electrons. The van der Waals surface area contributed by atoms with E-state index in [1.165, 1.54) is 11.6 Å². The largest absolute Gasteiger partial charge is 0.378 e. The molecule has 2 aliphatic rings. The number of rotatable bonds is 1. The van der Waals surface area contributed by atoms with Crippen LogP contribution < -0.4 is 5.32 Å². The van der Waals surface area contributed by atoms with Gasteiger partial charge in [-0.05, 0) is 36.6 Å². The number of halogens is 1. The van der Waals surface area contributed by atoms with E-state index in [1.54, 1.807) is 6.07 Å². The van der Waals surface area contributed by atoms with E-state index in [9.17, 15) is 4.39 Å². The Kier molecular flexibility index (Phi) is 3.15. The van der Waals surface area contributed by atoms with Gasteiger partial charge in [0.05, 0.1) is 12.1 Å². The van der Waals surface area contributed by atoms with E-state index in [0.717, 1.165) is 30.7 Å². The Morgan fingerprint density at radius 3 is 2.81 bits per heavy atom. The highest BCUT2D eigenvalue weighted by molar-refractivity contribution is 5.57. The zero-order valence-corrected chi connectivity index (χ0v) is 11.8. The molecule has 1 N–H and O–H groups in total. The van der Waals surface area contributed by atoms with Crippen molar-refractivity contribution in [1.82, 2.24) is 0 Å². The lowest BCUT2D eigenvalue weighted by Gasteiger charge is -2.43. The second-order valence-electron chi connectivity index (χ2n) is 5.86. The Morgan fingerprint density at radius 1 is 1.10 bits per heavy atom. The van der Waals surface area contributed by atoms with Crippen LogP contribution in [0.25, 0.3) is 0 Å². The van der Waals surface area contributed by atoms with Crippen molar-refractivity contribution >= 4 is 5.69 Å². The van der Waals surface area contributed by atoms with Gasteiger partial charge in [-0.25, -0.2) is 4.39 Å². The number of benzene rings is 2. The molecule has 1 saturated heterocycles. The van der Waals surface area contributed by atoms with E-state index in [4.69, 9.17) is 4.74 Å². The molecule has 4 rings (SSSR count). The van der Waals surface area contributed by atoms with Gasteiger partial charge in [0.15, 0.2) is 0 Å². The fourth-order valence-electron chi connectivity index (χ4n) is 3.63. The first-order valence-corrected chi connectivity index (χ1v) is 7.55. The second-order valence-corrected chi connectivity index (χ2v) is 5.86. The standard InChI is InChI=1S/C18H18FNO/c19-13-8-9-16-15(11-13)18-14(7-4-10-21-18)17(20-16)12-5-2-1-3-6-12/h1-3,5-6,8-9,11,14,17-18,20H,4,7,10H2/t14-,17+,18-/m0/s1. The molecule has 1 fully saturated rings. The molecule has 0 aromatic heterocycles. The molecule has 2 aromatic carbocycles. The van der Waals surface area contributed by atoms with Crippen molar-refractivity contribution in [2.24, 2.45) is 5.92 Å². The van der Waals surface area contributed by atoms with Crippen LogP contribution in [0.5, 0.6) is 0 Å². The lowest BCUT2D eigenvalue weighted by molar-refractivity contribution is -0.0382. The molecule has 0 unspecified atom stereocenters. The summed E-state index contributed by atoms with van der Waals surface area (Å²) in [6.45, 7) is 0.763. The minimum atomic E-state index is -0.193. The molecule has 2 aromatic rings. The molecule has 0 aliphatic carbocycles. The first-order chi connectivity index (χ1) is 10.3. The summed E-state index contributed by atoms with van der Waals surface area (Å²) in [5, 5.41) is 3.59. The van der Waals surface area contributed by atoms with Crippen molar-refractivity contribution in [3.05, 3.63) is 65.5 Å². The van der Waals surface area contributed by atoms with Gasteiger partial charge in [0.1, 0.15) is 5.82 Å².